The van der Waals surface area contributed by atoms with Gasteiger partial charge in [-0.3, -0.25) is 4.98 Å². The van der Waals surface area contributed by atoms with E-state index in [9.17, 15) is 0 Å². The zero-order valence-corrected chi connectivity index (χ0v) is 12.7. The summed E-state index contributed by atoms with van der Waals surface area (Å²) in [5, 5.41) is 0. The van der Waals surface area contributed by atoms with E-state index in [2.05, 4.69) is 49.7 Å². The molecule has 0 bridgehead atoms. The van der Waals surface area contributed by atoms with Gasteiger partial charge < -0.3 is 4.90 Å². The number of likely N-dealkylation sites (tertiary alicyclic amines) is 1. The van der Waals surface area contributed by atoms with E-state index in [1.54, 1.807) is 0 Å². The zero-order chi connectivity index (χ0) is 13.8. The van der Waals surface area contributed by atoms with Crippen molar-refractivity contribution in [3.05, 3.63) is 35.7 Å². The summed E-state index contributed by atoms with van der Waals surface area (Å²) in [5.41, 5.74) is 3.77. The van der Waals surface area contributed by atoms with Crippen LogP contribution in [0, 0.1) is 18.8 Å². The molecule has 2 heteroatoms. The maximum absolute atomic E-state index is 4.43. The Morgan fingerprint density at radius 3 is 2.89 bits per heavy atom. The molecular weight excluding hydrogens is 232 g/mol. The van der Waals surface area contributed by atoms with Crippen LogP contribution in [0.1, 0.15) is 44.9 Å². The van der Waals surface area contributed by atoms with Crippen LogP contribution in [0.5, 0.6) is 0 Å². The predicted molar refractivity (Wildman–Crippen MR) is 81.8 cm³/mol. The summed E-state index contributed by atoms with van der Waals surface area (Å²) >= 11 is 0. The third-order valence-corrected chi connectivity index (χ3v) is 4.22. The van der Waals surface area contributed by atoms with Gasteiger partial charge in [-0.15, -0.1) is 0 Å². The standard InChI is InChI=1S/C17H26N2/c1-5-15-10-13(3)11-19(12-15)17(6-2)16-8-7-9-18-14(16)4/h6-9,13,15H,5,10-12H2,1-4H3/b17-6+. The molecule has 2 heterocycles. The minimum atomic E-state index is 0.783. The quantitative estimate of drug-likeness (QED) is 0.810. The minimum absolute atomic E-state index is 0.783. The van der Waals surface area contributed by atoms with Crippen LogP contribution in [0.3, 0.4) is 0 Å². The highest BCUT2D eigenvalue weighted by Crippen LogP contribution is 2.30. The Labute approximate surface area is 117 Å². The van der Waals surface area contributed by atoms with Gasteiger partial charge in [0, 0.05) is 36.2 Å². The van der Waals surface area contributed by atoms with E-state index in [0.29, 0.717) is 0 Å². The smallest absolute Gasteiger partial charge is 0.0465 e. The van der Waals surface area contributed by atoms with Crippen molar-refractivity contribution in [3.8, 4) is 0 Å². The molecule has 19 heavy (non-hydrogen) atoms. The summed E-state index contributed by atoms with van der Waals surface area (Å²) in [4.78, 5) is 7.00. The van der Waals surface area contributed by atoms with E-state index in [4.69, 9.17) is 0 Å². The van der Waals surface area contributed by atoms with Gasteiger partial charge in [-0.1, -0.05) is 26.3 Å². The van der Waals surface area contributed by atoms with Crippen molar-refractivity contribution >= 4 is 5.70 Å². The molecule has 0 radical (unpaired) electrons. The summed E-state index contributed by atoms with van der Waals surface area (Å²) in [7, 11) is 0. The second-order valence-electron chi connectivity index (χ2n) is 5.83. The van der Waals surface area contributed by atoms with Crippen LogP contribution in [0.15, 0.2) is 24.4 Å². The zero-order valence-electron chi connectivity index (χ0n) is 12.7. The van der Waals surface area contributed by atoms with Crippen LogP contribution < -0.4 is 0 Å². The molecule has 1 aliphatic heterocycles. The van der Waals surface area contributed by atoms with Crippen molar-refractivity contribution in [1.29, 1.82) is 0 Å². The Bertz CT molecular complexity index is 450. The topological polar surface area (TPSA) is 16.1 Å². The van der Waals surface area contributed by atoms with Gasteiger partial charge in [0.25, 0.3) is 0 Å². The largest absolute Gasteiger partial charge is 0.371 e. The Hall–Kier alpha value is -1.31. The Balaban J connectivity index is 2.25. The van der Waals surface area contributed by atoms with Crippen molar-refractivity contribution in [3.63, 3.8) is 0 Å². The molecule has 2 rings (SSSR count). The third kappa shape index (κ3) is 3.17. The van der Waals surface area contributed by atoms with E-state index in [1.807, 2.05) is 12.3 Å². The van der Waals surface area contributed by atoms with Gasteiger partial charge in [0.2, 0.25) is 0 Å². The number of pyridine rings is 1. The maximum Gasteiger partial charge on any atom is 0.0465 e. The lowest BCUT2D eigenvalue weighted by atomic mass is 9.88. The minimum Gasteiger partial charge on any atom is -0.371 e. The van der Waals surface area contributed by atoms with Crippen LogP contribution in [-0.4, -0.2) is 23.0 Å². The van der Waals surface area contributed by atoms with E-state index in [0.717, 1.165) is 17.5 Å². The first-order valence-corrected chi connectivity index (χ1v) is 7.48. The van der Waals surface area contributed by atoms with Crippen molar-refractivity contribution < 1.29 is 0 Å². The molecule has 0 spiro atoms. The Morgan fingerprint density at radius 2 is 2.26 bits per heavy atom. The number of aromatic nitrogens is 1. The van der Waals surface area contributed by atoms with Crippen molar-refractivity contribution in [2.45, 2.75) is 40.5 Å². The van der Waals surface area contributed by atoms with Crippen LogP contribution in [0.2, 0.25) is 0 Å². The number of allylic oxidation sites excluding steroid dienone is 1. The molecule has 2 unspecified atom stereocenters. The number of hydrogen-bond donors (Lipinski definition) is 0. The van der Waals surface area contributed by atoms with Crippen LogP contribution >= 0.6 is 0 Å². The second-order valence-corrected chi connectivity index (χ2v) is 5.83. The first kappa shape index (κ1) is 14.1. The number of rotatable bonds is 3. The first-order valence-electron chi connectivity index (χ1n) is 7.48. The molecule has 1 saturated heterocycles. The molecule has 0 amide bonds. The summed E-state index contributed by atoms with van der Waals surface area (Å²) < 4.78 is 0. The second kappa shape index (κ2) is 6.23. The van der Waals surface area contributed by atoms with E-state index in [1.165, 1.54) is 37.2 Å². The summed E-state index contributed by atoms with van der Waals surface area (Å²) in [5.74, 6) is 1.61. The molecule has 1 aliphatic rings. The lowest BCUT2D eigenvalue weighted by Crippen LogP contribution is -2.38. The molecule has 2 atom stereocenters. The summed E-state index contributed by atoms with van der Waals surface area (Å²) in [6, 6.07) is 4.23. The highest BCUT2D eigenvalue weighted by Gasteiger charge is 2.25. The molecule has 1 aromatic rings. The Morgan fingerprint density at radius 1 is 1.47 bits per heavy atom. The van der Waals surface area contributed by atoms with E-state index in [-0.39, 0.29) is 0 Å². The molecule has 0 aromatic carbocycles. The fraction of sp³-hybridized carbons (Fsp3) is 0.588. The fourth-order valence-electron chi connectivity index (χ4n) is 3.24. The number of aryl methyl sites for hydroxylation is 1. The Kier molecular flexibility index (Phi) is 4.62. The normalized spacial score (nSPS) is 24.6. The predicted octanol–water partition coefficient (Wildman–Crippen LogP) is 4.12. The molecule has 0 aliphatic carbocycles. The molecule has 1 aromatic heterocycles. The van der Waals surface area contributed by atoms with Crippen LogP contribution in [-0.2, 0) is 0 Å². The summed E-state index contributed by atoms with van der Waals surface area (Å²) in [6.07, 6.45) is 6.77. The van der Waals surface area contributed by atoms with Crippen LogP contribution in [0.4, 0.5) is 0 Å². The lowest BCUT2D eigenvalue weighted by Gasteiger charge is -2.39. The third-order valence-electron chi connectivity index (χ3n) is 4.22. The molecular formula is C17H26N2. The van der Waals surface area contributed by atoms with Gasteiger partial charge in [0.15, 0.2) is 0 Å². The molecule has 104 valence electrons. The number of piperidine rings is 1. The van der Waals surface area contributed by atoms with Crippen LogP contribution in [0.25, 0.3) is 5.70 Å². The number of nitrogens with zero attached hydrogens (tertiary/aromatic N) is 2. The van der Waals surface area contributed by atoms with Crippen molar-refractivity contribution in [2.75, 3.05) is 13.1 Å². The van der Waals surface area contributed by atoms with Gasteiger partial charge >= 0.3 is 0 Å². The highest BCUT2D eigenvalue weighted by atomic mass is 15.1. The van der Waals surface area contributed by atoms with Crippen molar-refractivity contribution in [2.24, 2.45) is 11.8 Å². The SMILES string of the molecule is C/C=C(\c1cccnc1C)N1CC(C)CC(CC)C1. The average molecular weight is 258 g/mol. The molecule has 1 fully saturated rings. The van der Waals surface area contributed by atoms with Gasteiger partial charge in [-0.2, -0.15) is 0 Å². The fourth-order valence-corrected chi connectivity index (χ4v) is 3.24. The molecule has 0 saturated carbocycles. The van der Waals surface area contributed by atoms with Gasteiger partial charge in [-0.05, 0) is 44.2 Å². The van der Waals surface area contributed by atoms with E-state index < -0.39 is 0 Å². The number of hydrogen-bond acceptors (Lipinski definition) is 2. The average Bonchev–Trinajstić information content (AvgIpc) is 2.41. The van der Waals surface area contributed by atoms with Crippen molar-refractivity contribution in [1.82, 2.24) is 9.88 Å². The van der Waals surface area contributed by atoms with Gasteiger partial charge in [0.05, 0.1) is 0 Å². The molecule has 0 N–H and O–H groups in total. The first-order chi connectivity index (χ1) is 9.15. The van der Waals surface area contributed by atoms with E-state index >= 15 is 0 Å². The highest BCUT2D eigenvalue weighted by molar-refractivity contribution is 5.65. The monoisotopic (exact) mass is 258 g/mol. The summed E-state index contributed by atoms with van der Waals surface area (Å²) in [6.45, 7) is 11.3. The lowest BCUT2D eigenvalue weighted by molar-refractivity contribution is 0.188. The maximum atomic E-state index is 4.43. The van der Waals surface area contributed by atoms with Gasteiger partial charge in [0.1, 0.15) is 0 Å². The molecule has 2 nitrogen and oxygen atoms in total. The van der Waals surface area contributed by atoms with Gasteiger partial charge in [-0.25, -0.2) is 0 Å².